The molecule has 0 aromatic carbocycles. The van der Waals surface area contributed by atoms with Crippen LogP contribution in [-0.2, 0) is 18.4 Å². The number of unbranched alkanes of at least 4 members (excludes halogenated alkanes) is 29. The second-order valence-electron chi connectivity index (χ2n) is 22.2. The molecule has 4 atom stereocenters. The van der Waals surface area contributed by atoms with Crippen LogP contribution in [0.4, 0.5) is 0 Å². The van der Waals surface area contributed by atoms with Gasteiger partial charge in [0.05, 0.1) is 39.9 Å². The molecule has 0 spiro atoms. The maximum Gasteiger partial charge on any atom is 0.268 e. The number of nitrogens with one attached hydrogen (secondary N) is 1. The van der Waals surface area contributed by atoms with Gasteiger partial charge in [-0.15, -0.1) is 0 Å². The van der Waals surface area contributed by atoms with Crippen LogP contribution in [0.1, 0.15) is 264 Å². The van der Waals surface area contributed by atoms with Crippen molar-refractivity contribution in [2.75, 3.05) is 40.9 Å². The predicted octanol–water partition coefficient (Wildman–Crippen LogP) is 17.5. The maximum atomic E-state index is 13.0. The summed E-state index contributed by atoms with van der Waals surface area (Å²) in [4.78, 5) is 25.5. The number of phosphoric acid groups is 1. The minimum Gasteiger partial charge on any atom is -0.756 e. The fraction of sp³-hybridized carbons (Fsp3) is 0.769. The molecule has 1 amide bonds. The molecule has 0 aromatic heterocycles. The number of likely N-dealkylation sites (N-methyl/N-ethyl adjacent to an activating group) is 1. The number of hydrogen-bond donors (Lipinski definition) is 3. The van der Waals surface area contributed by atoms with E-state index in [2.05, 4.69) is 97.3 Å². The Bertz CT molecular complexity index is 1510. The van der Waals surface area contributed by atoms with Gasteiger partial charge in [0.25, 0.3) is 7.82 Å². The summed E-state index contributed by atoms with van der Waals surface area (Å²) in [6, 6.07) is -1.10. The molecule has 4 unspecified atom stereocenters. The molecule has 0 aliphatic heterocycles. The number of amides is 1. The van der Waals surface area contributed by atoms with Crippen LogP contribution >= 0.6 is 7.82 Å². The van der Waals surface area contributed by atoms with Crippen LogP contribution in [0.15, 0.2) is 85.1 Å². The molecule has 9 nitrogen and oxygen atoms in total. The van der Waals surface area contributed by atoms with Gasteiger partial charge in [0, 0.05) is 6.42 Å². The van der Waals surface area contributed by atoms with E-state index < -0.39 is 32.7 Å². The summed E-state index contributed by atoms with van der Waals surface area (Å²) in [7, 11) is 1.09. The van der Waals surface area contributed by atoms with Gasteiger partial charge in [0.2, 0.25) is 5.91 Å². The number of carbonyl (C=O) groups is 1. The summed E-state index contributed by atoms with van der Waals surface area (Å²) in [6.07, 6.45) is 74.2. The first-order valence-corrected chi connectivity index (χ1v) is 32.4. The van der Waals surface area contributed by atoms with Gasteiger partial charge < -0.3 is 34.0 Å². The Kier molecular flexibility index (Phi) is 53.2. The van der Waals surface area contributed by atoms with Gasteiger partial charge >= 0.3 is 0 Å². The van der Waals surface area contributed by atoms with E-state index in [4.69, 9.17) is 9.05 Å². The Labute approximate surface area is 463 Å². The topological polar surface area (TPSA) is 128 Å². The molecule has 0 heterocycles. The monoisotopic (exact) mass is 1070 g/mol. The zero-order valence-electron chi connectivity index (χ0n) is 49.3. The molecule has 0 saturated heterocycles. The second-order valence-corrected chi connectivity index (χ2v) is 23.6. The number of rotatable bonds is 56. The lowest BCUT2D eigenvalue weighted by Crippen LogP contribution is -2.51. The maximum absolute atomic E-state index is 13.0. The average Bonchev–Trinajstić information content (AvgIpc) is 3.37. The number of aliphatic hydroxyl groups is 2. The molecule has 0 fully saturated rings. The third-order valence-electron chi connectivity index (χ3n) is 13.8. The number of aliphatic hydroxyl groups excluding tert-OH is 2. The highest BCUT2D eigenvalue weighted by Gasteiger charge is 2.29. The van der Waals surface area contributed by atoms with E-state index in [1.807, 2.05) is 28.1 Å². The molecule has 0 rings (SSSR count). The first-order chi connectivity index (χ1) is 36.4. The number of carbonyl (C=O) groups excluding carboxylic acids is 1. The third kappa shape index (κ3) is 56.2. The lowest BCUT2D eigenvalue weighted by Gasteiger charge is -2.31. The van der Waals surface area contributed by atoms with Crippen molar-refractivity contribution in [3.63, 3.8) is 0 Å². The summed E-state index contributed by atoms with van der Waals surface area (Å²) in [5, 5.41) is 24.7. The first-order valence-electron chi connectivity index (χ1n) is 31.0. The normalized spacial score (nSPS) is 14.8. The van der Waals surface area contributed by atoms with Crippen LogP contribution in [0.25, 0.3) is 0 Å². The molecule has 0 aromatic rings. The van der Waals surface area contributed by atoms with Crippen LogP contribution in [0.5, 0.6) is 0 Å². The largest absolute Gasteiger partial charge is 0.756 e. The molecule has 0 radical (unpaired) electrons. The third-order valence-corrected chi connectivity index (χ3v) is 14.7. The minimum atomic E-state index is -4.69. The van der Waals surface area contributed by atoms with Crippen molar-refractivity contribution in [2.45, 2.75) is 283 Å². The van der Waals surface area contributed by atoms with Crippen LogP contribution < -0.4 is 10.2 Å². The van der Waals surface area contributed by atoms with Gasteiger partial charge in [-0.2, -0.15) is 0 Å². The quantitative estimate of drug-likeness (QED) is 0.0239. The smallest absolute Gasteiger partial charge is 0.268 e. The second kappa shape index (κ2) is 55.0. The highest BCUT2D eigenvalue weighted by Crippen LogP contribution is 2.38. The summed E-state index contributed by atoms with van der Waals surface area (Å²) >= 11 is 0. The zero-order valence-corrected chi connectivity index (χ0v) is 50.2. The van der Waals surface area contributed by atoms with E-state index in [9.17, 15) is 24.5 Å². The van der Waals surface area contributed by atoms with Crippen LogP contribution in [0, 0.1) is 0 Å². The number of quaternary nitrogens is 1. The van der Waals surface area contributed by atoms with Crippen molar-refractivity contribution in [1.82, 2.24) is 5.32 Å². The fourth-order valence-electron chi connectivity index (χ4n) is 8.93. The molecule has 10 heteroatoms. The van der Waals surface area contributed by atoms with Crippen LogP contribution in [-0.4, -0.2) is 79.8 Å². The predicted molar refractivity (Wildman–Crippen MR) is 322 cm³/mol. The molecular weight excluding hydrogens is 952 g/mol. The Morgan fingerprint density at radius 1 is 0.507 bits per heavy atom. The summed E-state index contributed by atoms with van der Waals surface area (Å²) in [5.41, 5.74) is 0. The summed E-state index contributed by atoms with van der Waals surface area (Å²) in [6.45, 7) is 4.09. The van der Waals surface area contributed by atoms with Crippen molar-refractivity contribution in [3.05, 3.63) is 85.1 Å². The van der Waals surface area contributed by atoms with E-state index in [0.29, 0.717) is 30.3 Å². The summed E-state index contributed by atoms with van der Waals surface area (Å²) < 4.78 is 23.2. The lowest BCUT2D eigenvalue weighted by molar-refractivity contribution is -0.870. The van der Waals surface area contributed by atoms with Crippen molar-refractivity contribution < 1.29 is 38.0 Å². The molecule has 0 aliphatic rings. The Balaban J connectivity index is 3.95. The van der Waals surface area contributed by atoms with Gasteiger partial charge in [0.15, 0.2) is 0 Å². The van der Waals surface area contributed by atoms with Crippen molar-refractivity contribution in [3.8, 4) is 0 Å². The Hall–Kier alpha value is -2.36. The van der Waals surface area contributed by atoms with Crippen molar-refractivity contribution in [2.24, 2.45) is 0 Å². The SMILES string of the molecule is C/C=C/CC/C=C/CC/C=C/CCCC(O)C(O)C(COP(=O)([O-])OCC[N+](C)(C)C)NC(=O)CCCCCCCCCCCCCCCCCCCCCCCCCCCC/C=C\C/C=C\C/C=C\C/C=C\CC. The van der Waals surface area contributed by atoms with E-state index in [1.165, 1.54) is 148 Å². The highest BCUT2D eigenvalue weighted by molar-refractivity contribution is 7.45. The summed E-state index contributed by atoms with van der Waals surface area (Å²) in [5.74, 6) is -0.293. The molecule has 0 aliphatic carbocycles. The van der Waals surface area contributed by atoms with E-state index in [0.717, 1.165) is 77.0 Å². The molecular formula is C65H119N2O7P. The Morgan fingerprint density at radius 3 is 1.29 bits per heavy atom. The standard InChI is InChI=1S/C65H119N2O7P/c1-6-8-10-12-14-16-18-20-21-22-23-24-25-26-27-28-29-30-31-32-33-34-35-36-37-38-39-40-41-42-43-44-45-46-48-50-52-54-56-58-64(69)66-62(61-74-75(71,72)73-60-59-67(3,4)5)65(70)63(68)57-55-53-51-49-47-19-17-15-13-11-9-7-2/h7-10,14-17,20-21,23-24,49,51,62-63,65,68,70H,6,11-13,18-19,22,25-48,50,52-61H2,1-5H3,(H-,66,69,71,72)/b9-7+,10-8-,16-14-,17-15+,21-20-,24-23-,51-49+. The van der Waals surface area contributed by atoms with E-state index in [1.54, 1.807) is 0 Å². The van der Waals surface area contributed by atoms with Crippen LogP contribution in [0.3, 0.4) is 0 Å². The van der Waals surface area contributed by atoms with Gasteiger partial charge in [-0.05, 0) is 96.8 Å². The number of nitrogens with zero attached hydrogens (tertiary/aromatic N) is 1. The van der Waals surface area contributed by atoms with Gasteiger partial charge in [-0.25, -0.2) is 0 Å². The van der Waals surface area contributed by atoms with Crippen LogP contribution in [0.2, 0.25) is 0 Å². The Morgan fingerprint density at radius 2 is 0.867 bits per heavy atom. The number of phosphoric ester groups is 1. The van der Waals surface area contributed by atoms with Crippen molar-refractivity contribution in [1.29, 1.82) is 0 Å². The minimum absolute atomic E-state index is 0.0513. The number of hydrogen-bond acceptors (Lipinski definition) is 7. The van der Waals surface area contributed by atoms with Gasteiger partial charge in [-0.3, -0.25) is 9.36 Å². The van der Waals surface area contributed by atoms with E-state index >= 15 is 0 Å². The van der Waals surface area contributed by atoms with E-state index in [-0.39, 0.29) is 18.9 Å². The molecule has 3 N–H and O–H groups in total. The number of allylic oxidation sites excluding steroid dienone is 14. The first kappa shape index (κ1) is 72.6. The fourth-order valence-corrected chi connectivity index (χ4v) is 9.66. The molecule has 436 valence electrons. The molecule has 0 saturated carbocycles. The molecule has 75 heavy (non-hydrogen) atoms. The zero-order chi connectivity index (χ0) is 55.0. The highest BCUT2D eigenvalue weighted by atomic mass is 31.2. The average molecular weight is 1070 g/mol. The lowest BCUT2D eigenvalue weighted by atomic mass is 10.0. The van der Waals surface area contributed by atoms with Gasteiger partial charge in [0.1, 0.15) is 19.3 Å². The van der Waals surface area contributed by atoms with Crippen molar-refractivity contribution >= 4 is 13.7 Å². The molecule has 0 bridgehead atoms. The van der Waals surface area contributed by atoms with Gasteiger partial charge in [-0.1, -0.05) is 246 Å².